The van der Waals surface area contributed by atoms with Crippen molar-refractivity contribution in [2.45, 2.75) is 52.0 Å². The summed E-state index contributed by atoms with van der Waals surface area (Å²) in [5.41, 5.74) is 0. The van der Waals surface area contributed by atoms with Gasteiger partial charge in [0.1, 0.15) is 0 Å². The van der Waals surface area contributed by atoms with E-state index in [4.69, 9.17) is 5.11 Å². The van der Waals surface area contributed by atoms with Crippen molar-refractivity contribution < 1.29 is 5.11 Å². The summed E-state index contributed by atoms with van der Waals surface area (Å²) in [5.74, 6) is 0. The maximum Gasteiger partial charge on any atom is 0.0556 e. The maximum atomic E-state index is 8.65. The van der Waals surface area contributed by atoms with E-state index in [1.165, 1.54) is 32.1 Å². The summed E-state index contributed by atoms with van der Waals surface area (Å²) >= 11 is 0. The van der Waals surface area contributed by atoms with Gasteiger partial charge in [0.05, 0.1) is 6.61 Å². The first kappa shape index (κ1) is 11.9. The molecule has 0 saturated heterocycles. The first-order valence-electron chi connectivity index (χ1n) is 5.19. The van der Waals surface area contributed by atoms with Gasteiger partial charge in [0, 0.05) is 12.6 Å². The third-order valence-electron chi connectivity index (χ3n) is 2.09. The second-order valence-corrected chi connectivity index (χ2v) is 3.31. The highest BCUT2D eigenvalue weighted by atomic mass is 16.3. The molecule has 0 heterocycles. The van der Waals surface area contributed by atoms with Gasteiger partial charge in [0.15, 0.2) is 0 Å². The van der Waals surface area contributed by atoms with Crippen molar-refractivity contribution in [3.63, 3.8) is 0 Å². The molecule has 0 rings (SSSR count). The smallest absolute Gasteiger partial charge is 0.0556 e. The number of nitrogens with one attached hydrogen (secondary N) is 1. The van der Waals surface area contributed by atoms with Gasteiger partial charge in [-0.2, -0.15) is 0 Å². The summed E-state index contributed by atoms with van der Waals surface area (Å²) in [5, 5.41) is 12.0. The molecular weight excluding hydrogens is 150 g/mol. The molecule has 2 heteroatoms. The zero-order chi connectivity index (χ0) is 9.23. The average Bonchev–Trinajstić information content (AvgIpc) is 2.10. The topological polar surface area (TPSA) is 32.3 Å². The molecule has 12 heavy (non-hydrogen) atoms. The molecule has 0 aliphatic carbocycles. The molecule has 0 aliphatic rings. The Balaban J connectivity index is 3.40. The zero-order valence-electron chi connectivity index (χ0n) is 8.47. The summed E-state index contributed by atoms with van der Waals surface area (Å²) in [6, 6.07) is 0.627. The van der Waals surface area contributed by atoms with E-state index in [2.05, 4.69) is 19.2 Å². The molecule has 1 unspecified atom stereocenters. The van der Waals surface area contributed by atoms with Gasteiger partial charge < -0.3 is 10.4 Å². The molecule has 0 aliphatic heterocycles. The second-order valence-electron chi connectivity index (χ2n) is 3.31. The van der Waals surface area contributed by atoms with E-state index in [9.17, 15) is 0 Å². The van der Waals surface area contributed by atoms with Crippen LogP contribution in [-0.4, -0.2) is 24.3 Å². The second kappa shape index (κ2) is 9.01. The van der Waals surface area contributed by atoms with Crippen LogP contribution in [0.3, 0.4) is 0 Å². The molecule has 0 aromatic carbocycles. The standard InChI is InChI=1S/C10H23NO/c1-3-5-7-10(6-4-2)11-8-9-12/h10-12H,3-9H2,1-2H3. The lowest BCUT2D eigenvalue weighted by atomic mass is 10.1. The van der Waals surface area contributed by atoms with E-state index >= 15 is 0 Å². The highest BCUT2D eigenvalue weighted by molar-refractivity contribution is 4.65. The summed E-state index contributed by atoms with van der Waals surface area (Å²) in [6.45, 7) is 5.43. The van der Waals surface area contributed by atoms with E-state index in [1.54, 1.807) is 0 Å². The Morgan fingerprint density at radius 3 is 2.42 bits per heavy atom. The number of hydrogen-bond acceptors (Lipinski definition) is 2. The summed E-state index contributed by atoms with van der Waals surface area (Å²) in [7, 11) is 0. The van der Waals surface area contributed by atoms with Crippen molar-refractivity contribution in [2.75, 3.05) is 13.2 Å². The zero-order valence-corrected chi connectivity index (χ0v) is 8.47. The van der Waals surface area contributed by atoms with Crippen LogP contribution in [0.1, 0.15) is 46.0 Å². The number of aliphatic hydroxyl groups excluding tert-OH is 1. The molecule has 2 N–H and O–H groups in total. The summed E-state index contributed by atoms with van der Waals surface area (Å²) in [6.07, 6.45) is 6.28. The minimum atomic E-state index is 0.256. The van der Waals surface area contributed by atoms with Crippen LogP contribution in [0.4, 0.5) is 0 Å². The molecule has 0 amide bonds. The number of unbranched alkanes of at least 4 members (excludes halogenated alkanes) is 1. The van der Waals surface area contributed by atoms with Gasteiger partial charge in [0.2, 0.25) is 0 Å². The fourth-order valence-corrected chi connectivity index (χ4v) is 1.42. The number of aliphatic hydroxyl groups is 1. The molecule has 0 spiro atoms. The molecule has 74 valence electrons. The van der Waals surface area contributed by atoms with Gasteiger partial charge in [-0.3, -0.25) is 0 Å². The van der Waals surface area contributed by atoms with Gasteiger partial charge in [0.25, 0.3) is 0 Å². The Kier molecular flexibility index (Phi) is 8.95. The minimum absolute atomic E-state index is 0.256. The molecular formula is C10H23NO. The van der Waals surface area contributed by atoms with Crippen molar-refractivity contribution >= 4 is 0 Å². The van der Waals surface area contributed by atoms with E-state index in [0.717, 1.165) is 6.54 Å². The van der Waals surface area contributed by atoms with Gasteiger partial charge >= 0.3 is 0 Å². The Bertz CT molecular complexity index is 77.9. The molecule has 0 bridgehead atoms. The first-order chi connectivity index (χ1) is 5.85. The van der Waals surface area contributed by atoms with Crippen molar-refractivity contribution in [3.05, 3.63) is 0 Å². The number of rotatable bonds is 8. The van der Waals surface area contributed by atoms with Gasteiger partial charge in [-0.1, -0.05) is 33.1 Å². The molecule has 0 fully saturated rings. The van der Waals surface area contributed by atoms with Crippen molar-refractivity contribution in [2.24, 2.45) is 0 Å². The Morgan fingerprint density at radius 1 is 1.17 bits per heavy atom. The fraction of sp³-hybridized carbons (Fsp3) is 1.00. The van der Waals surface area contributed by atoms with E-state index in [1.807, 2.05) is 0 Å². The largest absolute Gasteiger partial charge is 0.395 e. The molecule has 1 atom stereocenters. The molecule has 0 saturated carbocycles. The van der Waals surface area contributed by atoms with Crippen molar-refractivity contribution in [1.82, 2.24) is 5.32 Å². The van der Waals surface area contributed by atoms with E-state index in [-0.39, 0.29) is 6.61 Å². The predicted molar refractivity (Wildman–Crippen MR) is 53.3 cm³/mol. The van der Waals surface area contributed by atoms with Crippen molar-refractivity contribution in [1.29, 1.82) is 0 Å². The van der Waals surface area contributed by atoms with Gasteiger partial charge in [-0.15, -0.1) is 0 Å². The third-order valence-corrected chi connectivity index (χ3v) is 2.09. The number of hydrogen-bond donors (Lipinski definition) is 2. The Morgan fingerprint density at radius 2 is 1.92 bits per heavy atom. The predicted octanol–water partition coefficient (Wildman–Crippen LogP) is 1.93. The lowest BCUT2D eigenvalue weighted by Crippen LogP contribution is -2.31. The normalized spacial score (nSPS) is 13.2. The lowest BCUT2D eigenvalue weighted by molar-refractivity contribution is 0.278. The van der Waals surface area contributed by atoms with Crippen LogP contribution in [0.15, 0.2) is 0 Å². The van der Waals surface area contributed by atoms with E-state index < -0.39 is 0 Å². The molecule has 0 radical (unpaired) electrons. The van der Waals surface area contributed by atoms with E-state index in [0.29, 0.717) is 6.04 Å². The van der Waals surface area contributed by atoms with Crippen LogP contribution in [0, 0.1) is 0 Å². The average molecular weight is 173 g/mol. The lowest BCUT2D eigenvalue weighted by Gasteiger charge is -2.16. The molecule has 0 aromatic rings. The maximum absolute atomic E-state index is 8.65. The van der Waals surface area contributed by atoms with Crippen LogP contribution in [0.25, 0.3) is 0 Å². The SMILES string of the molecule is CCCCC(CCC)NCCO. The quantitative estimate of drug-likeness (QED) is 0.588. The monoisotopic (exact) mass is 173 g/mol. The Hall–Kier alpha value is -0.0800. The van der Waals surface area contributed by atoms with Crippen molar-refractivity contribution in [3.8, 4) is 0 Å². The van der Waals surface area contributed by atoms with Crippen LogP contribution in [-0.2, 0) is 0 Å². The first-order valence-corrected chi connectivity index (χ1v) is 5.19. The van der Waals surface area contributed by atoms with Crippen LogP contribution < -0.4 is 5.32 Å². The van der Waals surface area contributed by atoms with Crippen LogP contribution >= 0.6 is 0 Å². The fourth-order valence-electron chi connectivity index (χ4n) is 1.42. The molecule has 2 nitrogen and oxygen atoms in total. The summed E-state index contributed by atoms with van der Waals surface area (Å²) in [4.78, 5) is 0. The highest BCUT2D eigenvalue weighted by Crippen LogP contribution is 2.05. The summed E-state index contributed by atoms with van der Waals surface area (Å²) < 4.78 is 0. The molecule has 0 aromatic heterocycles. The van der Waals surface area contributed by atoms with Gasteiger partial charge in [-0.05, 0) is 12.8 Å². The third kappa shape index (κ3) is 6.62. The Labute approximate surface area is 76.4 Å². The van der Waals surface area contributed by atoms with Crippen LogP contribution in [0.5, 0.6) is 0 Å². The van der Waals surface area contributed by atoms with Crippen LogP contribution in [0.2, 0.25) is 0 Å². The highest BCUT2D eigenvalue weighted by Gasteiger charge is 2.04. The minimum Gasteiger partial charge on any atom is -0.395 e. The van der Waals surface area contributed by atoms with Gasteiger partial charge in [-0.25, -0.2) is 0 Å².